The number of benzene rings is 1. The number of anilines is 2. The molecule has 3 aromatic rings. The van der Waals surface area contributed by atoms with Crippen molar-refractivity contribution in [1.82, 2.24) is 14.1 Å². The predicted octanol–water partition coefficient (Wildman–Crippen LogP) is 4.31. The van der Waals surface area contributed by atoms with E-state index < -0.39 is 22.5 Å². The zero-order valence-electron chi connectivity index (χ0n) is 16.0. The number of aliphatic hydroxyl groups is 1. The molecule has 0 aliphatic carbocycles. The van der Waals surface area contributed by atoms with E-state index in [1.807, 2.05) is 0 Å². The van der Waals surface area contributed by atoms with Gasteiger partial charge >= 0.3 is 11.9 Å². The summed E-state index contributed by atoms with van der Waals surface area (Å²) in [7, 11) is 1.61. The molecule has 29 heavy (non-hydrogen) atoms. The summed E-state index contributed by atoms with van der Waals surface area (Å²) in [6.07, 6.45) is -3.17. The molecule has 0 fully saturated rings. The molecule has 0 saturated heterocycles. The van der Waals surface area contributed by atoms with Gasteiger partial charge in [0.25, 0.3) is 0 Å². The molecule has 0 aliphatic rings. The lowest BCUT2D eigenvalue weighted by Crippen LogP contribution is -2.27. The van der Waals surface area contributed by atoms with Crippen LogP contribution < -0.4 is 11.0 Å². The van der Waals surface area contributed by atoms with Gasteiger partial charge in [0.2, 0.25) is 0 Å². The van der Waals surface area contributed by atoms with Crippen LogP contribution in [0.15, 0.2) is 35.3 Å². The molecule has 0 radical (unpaired) electrons. The minimum absolute atomic E-state index is 0.238. The SMILES string of the molecule is Cn1c(=O)n(CCC(C)(C)O)c2cc(Nc3ccnc(Cl)c3C(F)(F)F)ccc21. The largest absolute Gasteiger partial charge is 0.421 e. The predicted molar refractivity (Wildman–Crippen MR) is 106 cm³/mol. The van der Waals surface area contributed by atoms with Gasteiger partial charge < -0.3 is 10.4 Å². The number of hydrogen-bond donors (Lipinski definition) is 2. The summed E-state index contributed by atoms with van der Waals surface area (Å²) in [5, 5.41) is 12.0. The Hall–Kier alpha value is -2.52. The van der Waals surface area contributed by atoms with Crippen LogP contribution in [0.1, 0.15) is 25.8 Å². The smallest absolute Gasteiger partial charge is 0.390 e. The minimum Gasteiger partial charge on any atom is -0.390 e. The fraction of sp³-hybridized carbons (Fsp3) is 0.368. The molecule has 1 aromatic carbocycles. The van der Waals surface area contributed by atoms with Crippen molar-refractivity contribution in [2.45, 2.75) is 38.6 Å². The van der Waals surface area contributed by atoms with Crippen molar-refractivity contribution >= 4 is 34.0 Å². The first-order valence-corrected chi connectivity index (χ1v) is 9.16. The van der Waals surface area contributed by atoms with Crippen LogP contribution in [0.3, 0.4) is 0 Å². The van der Waals surface area contributed by atoms with E-state index in [9.17, 15) is 23.1 Å². The lowest BCUT2D eigenvalue weighted by atomic mass is 10.1. The number of pyridine rings is 1. The van der Waals surface area contributed by atoms with E-state index in [1.165, 1.54) is 21.4 Å². The van der Waals surface area contributed by atoms with Gasteiger partial charge in [-0.2, -0.15) is 13.2 Å². The molecule has 10 heteroatoms. The highest BCUT2D eigenvalue weighted by molar-refractivity contribution is 6.30. The third-order valence-corrected chi connectivity index (χ3v) is 4.85. The van der Waals surface area contributed by atoms with Crippen molar-refractivity contribution in [3.8, 4) is 0 Å². The zero-order chi connectivity index (χ0) is 21.6. The van der Waals surface area contributed by atoms with E-state index in [0.29, 0.717) is 23.1 Å². The van der Waals surface area contributed by atoms with Crippen molar-refractivity contribution in [2.24, 2.45) is 7.05 Å². The molecule has 0 bridgehead atoms. The third-order valence-electron chi connectivity index (χ3n) is 4.56. The summed E-state index contributed by atoms with van der Waals surface area (Å²) in [4.78, 5) is 16.1. The molecule has 0 atom stereocenters. The van der Waals surface area contributed by atoms with Crippen LogP contribution in [0, 0.1) is 0 Å². The number of halogens is 4. The van der Waals surface area contributed by atoms with Crippen molar-refractivity contribution in [3.63, 3.8) is 0 Å². The van der Waals surface area contributed by atoms with Crippen LogP contribution in [0.4, 0.5) is 24.5 Å². The Morgan fingerprint density at radius 3 is 2.52 bits per heavy atom. The average Bonchev–Trinajstić information content (AvgIpc) is 2.82. The Balaban J connectivity index is 2.05. The molecule has 2 aromatic heterocycles. The quantitative estimate of drug-likeness (QED) is 0.594. The summed E-state index contributed by atoms with van der Waals surface area (Å²) in [6, 6.07) is 6.01. The molecule has 0 saturated carbocycles. The van der Waals surface area contributed by atoms with Gasteiger partial charge in [0.15, 0.2) is 0 Å². The standard InChI is InChI=1S/C19H20ClF3N4O2/c1-18(2,29)7-9-27-14-10-11(4-5-13(14)26(3)17(27)28)25-12-6-8-24-16(20)15(12)19(21,22)23/h4-6,8,10,29H,7,9H2,1-3H3,(H,24,25). The van der Waals surface area contributed by atoms with E-state index in [-0.39, 0.29) is 17.9 Å². The molecule has 2 N–H and O–H groups in total. The number of aromatic nitrogens is 3. The highest BCUT2D eigenvalue weighted by Crippen LogP contribution is 2.39. The molecular weight excluding hydrogens is 409 g/mol. The number of nitrogens with one attached hydrogen (secondary N) is 1. The number of fused-ring (bicyclic) bond motifs is 1. The summed E-state index contributed by atoms with van der Waals surface area (Å²) < 4.78 is 43.0. The first-order chi connectivity index (χ1) is 13.4. The van der Waals surface area contributed by atoms with Crippen molar-refractivity contribution in [1.29, 1.82) is 0 Å². The maximum absolute atomic E-state index is 13.4. The lowest BCUT2D eigenvalue weighted by molar-refractivity contribution is -0.137. The second-order valence-corrected chi connectivity index (χ2v) is 7.76. The second kappa shape index (κ2) is 7.38. The summed E-state index contributed by atoms with van der Waals surface area (Å²) in [5.74, 6) is 0. The highest BCUT2D eigenvalue weighted by atomic mass is 35.5. The monoisotopic (exact) mass is 428 g/mol. The van der Waals surface area contributed by atoms with Crippen LogP contribution in [-0.2, 0) is 19.8 Å². The van der Waals surface area contributed by atoms with Crippen LogP contribution in [0.2, 0.25) is 5.15 Å². The van der Waals surface area contributed by atoms with E-state index >= 15 is 0 Å². The molecule has 0 unspecified atom stereocenters. The Kier molecular flexibility index (Phi) is 5.40. The van der Waals surface area contributed by atoms with Gasteiger partial charge in [-0.1, -0.05) is 11.6 Å². The zero-order valence-corrected chi connectivity index (χ0v) is 16.8. The van der Waals surface area contributed by atoms with Crippen LogP contribution in [0.25, 0.3) is 11.0 Å². The van der Waals surface area contributed by atoms with Gasteiger partial charge in [-0.05, 0) is 44.5 Å². The number of aryl methyl sites for hydroxylation is 2. The van der Waals surface area contributed by atoms with Crippen LogP contribution in [-0.4, -0.2) is 24.8 Å². The van der Waals surface area contributed by atoms with Crippen molar-refractivity contribution in [3.05, 3.63) is 51.7 Å². The van der Waals surface area contributed by atoms with E-state index in [4.69, 9.17) is 11.6 Å². The Morgan fingerprint density at radius 2 is 1.90 bits per heavy atom. The van der Waals surface area contributed by atoms with E-state index in [2.05, 4.69) is 10.3 Å². The minimum atomic E-state index is -4.68. The maximum atomic E-state index is 13.4. The first-order valence-electron chi connectivity index (χ1n) is 8.79. The average molecular weight is 429 g/mol. The molecule has 3 rings (SSSR count). The van der Waals surface area contributed by atoms with E-state index in [1.54, 1.807) is 39.1 Å². The van der Waals surface area contributed by atoms with Crippen LogP contribution >= 0.6 is 11.6 Å². The lowest BCUT2D eigenvalue weighted by Gasteiger charge is -2.17. The van der Waals surface area contributed by atoms with Gasteiger partial charge in [-0.15, -0.1) is 0 Å². The molecule has 0 spiro atoms. The highest BCUT2D eigenvalue weighted by Gasteiger charge is 2.37. The molecule has 0 amide bonds. The van der Waals surface area contributed by atoms with Crippen molar-refractivity contribution < 1.29 is 18.3 Å². The molecule has 2 heterocycles. The second-order valence-electron chi connectivity index (χ2n) is 7.41. The first kappa shape index (κ1) is 21.2. The fourth-order valence-electron chi connectivity index (χ4n) is 3.06. The maximum Gasteiger partial charge on any atom is 0.421 e. The molecule has 156 valence electrons. The third kappa shape index (κ3) is 4.40. The molecule has 6 nitrogen and oxygen atoms in total. The van der Waals surface area contributed by atoms with E-state index in [0.717, 1.165) is 0 Å². The van der Waals surface area contributed by atoms with Gasteiger partial charge in [-0.3, -0.25) is 9.13 Å². The van der Waals surface area contributed by atoms with Gasteiger partial charge in [0, 0.05) is 25.5 Å². The summed E-state index contributed by atoms with van der Waals surface area (Å²) in [6.45, 7) is 3.54. The normalized spacial score (nSPS) is 12.6. The number of alkyl halides is 3. The molecular formula is C19H20ClF3N4O2. The van der Waals surface area contributed by atoms with Gasteiger partial charge in [0.05, 0.1) is 22.3 Å². The van der Waals surface area contributed by atoms with Crippen LogP contribution in [0.5, 0.6) is 0 Å². The topological polar surface area (TPSA) is 72.1 Å². The number of imidazole rings is 1. The van der Waals surface area contributed by atoms with Gasteiger partial charge in [0.1, 0.15) is 10.7 Å². The summed E-state index contributed by atoms with van der Waals surface area (Å²) in [5.41, 5.74) is -1.02. The van der Waals surface area contributed by atoms with Gasteiger partial charge in [-0.25, -0.2) is 9.78 Å². The number of rotatable bonds is 5. The Bertz CT molecular complexity index is 1110. The fourth-order valence-corrected chi connectivity index (χ4v) is 3.32. The Morgan fingerprint density at radius 1 is 1.21 bits per heavy atom. The number of nitrogens with zero attached hydrogens (tertiary/aromatic N) is 3. The molecule has 0 aliphatic heterocycles. The number of hydrogen-bond acceptors (Lipinski definition) is 4. The summed E-state index contributed by atoms with van der Waals surface area (Å²) >= 11 is 5.67. The van der Waals surface area contributed by atoms with Crippen molar-refractivity contribution in [2.75, 3.05) is 5.32 Å². The Labute approximate surface area is 169 Å².